The zero-order valence-corrected chi connectivity index (χ0v) is 14.4. The summed E-state index contributed by atoms with van der Waals surface area (Å²) in [6.07, 6.45) is -2.91. The van der Waals surface area contributed by atoms with Crippen molar-refractivity contribution in [2.45, 2.75) is 26.1 Å². The molecule has 0 atom stereocenters. The predicted octanol–water partition coefficient (Wildman–Crippen LogP) is 4.54. The Bertz CT molecular complexity index is 802. The van der Waals surface area contributed by atoms with E-state index in [1.807, 2.05) is 6.92 Å². The molecule has 1 aromatic carbocycles. The molecule has 0 bridgehead atoms. The van der Waals surface area contributed by atoms with E-state index in [-0.39, 0.29) is 22.1 Å². The van der Waals surface area contributed by atoms with Crippen LogP contribution in [0.25, 0.3) is 10.9 Å². The summed E-state index contributed by atoms with van der Waals surface area (Å²) in [5.74, 6) is -0.648. The zero-order chi connectivity index (χ0) is 18.6. The van der Waals surface area contributed by atoms with Gasteiger partial charge in [0, 0.05) is 19.0 Å². The first-order valence-corrected chi connectivity index (χ1v) is 7.90. The molecule has 0 aliphatic carbocycles. The second-order valence-corrected chi connectivity index (χ2v) is 5.63. The number of halogens is 3. The van der Waals surface area contributed by atoms with Gasteiger partial charge in [0.25, 0.3) is 0 Å². The minimum absolute atomic E-state index is 0.0183. The molecule has 0 saturated carbocycles. The van der Waals surface area contributed by atoms with Gasteiger partial charge in [0.2, 0.25) is 11.0 Å². The van der Waals surface area contributed by atoms with Gasteiger partial charge in [-0.2, -0.15) is 0 Å². The number of aryl methyl sites for hydroxylation is 1. The maximum atomic E-state index is 12.4. The standard InChI is InChI=1S/C15H17F3N4O2S/c1-3-4-7-19-14(25)21-20-12-10-8-9(24-15(16,17)18)5-6-11(10)22(2)13(12)23/h5-6,8,23H,3-4,7H2,1-2H3,(H,19,25). The van der Waals surface area contributed by atoms with Crippen LogP contribution in [0.15, 0.2) is 28.4 Å². The maximum absolute atomic E-state index is 12.4. The zero-order valence-electron chi connectivity index (χ0n) is 13.6. The van der Waals surface area contributed by atoms with Crippen LogP contribution in [0.3, 0.4) is 0 Å². The van der Waals surface area contributed by atoms with Gasteiger partial charge in [-0.3, -0.25) is 0 Å². The molecule has 2 aromatic rings. The number of benzene rings is 1. The van der Waals surface area contributed by atoms with Crippen LogP contribution < -0.4 is 10.1 Å². The second kappa shape index (κ2) is 7.68. The van der Waals surface area contributed by atoms with Crippen LogP contribution in [0.5, 0.6) is 11.6 Å². The number of nitrogens with one attached hydrogen (secondary N) is 1. The Morgan fingerprint density at radius 3 is 2.76 bits per heavy atom. The molecule has 1 heterocycles. The lowest BCUT2D eigenvalue weighted by Crippen LogP contribution is -2.19. The van der Waals surface area contributed by atoms with Crippen LogP contribution in [0.2, 0.25) is 0 Å². The Kier molecular flexibility index (Phi) is 5.83. The Morgan fingerprint density at radius 1 is 1.40 bits per heavy atom. The van der Waals surface area contributed by atoms with E-state index in [2.05, 4.69) is 20.3 Å². The number of unbranched alkanes of at least 4 members (excludes halogenated alkanes) is 1. The van der Waals surface area contributed by atoms with E-state index in [9.17, 15) is 18.3 Å². The van der Waals surface area contributed by atoms with E-state index in [1.165, 1.54) is 10.6 Å². The first-order chi connectivity index (χ1) is 11.7. The third-order valence-corrected chi connectivity index (χ3v) is 3.62. The molecule has 2 N–H and O–H groups in total. The summed E-state index contributed by atoms with van der Waals surface area (Å²) >= 11 is 5.00. The number of ether oxygens (including phenoxy) is 1. The van der Waals surface area contributed by atoms with Crippen molar-refractivity contribution >= 4 is 33.9 Å². The number of nitrogens with zero attached hydrogens (tertiary/aromatic N) is 3. The van der Waals surface area contributed by atoms with Crippen molar-refractivity contribution in [2.75, 3.05) is 6.54 Å². The Labute approximate surface area is 147 Å². The minimum atomic E-state index is -4.81. The van der Waals surface area contributed by atoms with E-state index in [1.54, 1.807) is 7.05 Å². The molecule has 0 fully saturated rings. The van der Waals surface area contributed by atoms with Crippen molar-refractivity contribution in [1.82, 2.24) is 9.88 Å². The maximum Gasteiger partial charge on any atom is 0.573 e. The summed E-state index contributed by atoms with van der Waals surface area (Å²) in [5.41, 5.74) is 0.496. The highest BCUT2D eigenvalue weighted by Gasteiger charge is 2.31. The van der Waals surface area contributed by atoms with Gasteiger partial charge in [0.15, 0.2) is 5.69 Å². The fourth-order valence-electron chi connectivity index (χ4n) is 2.19. The van der Waals surface area contributed by atoms with Crippen LogP contribution >= 0.6 is 12.2 Å². The predicted molar refractivity (Wildman–Crippen MR) is 91.3 cm³/mol. The number of alkyl halides is 3. The first-order valence-electron chi connectivity index (χ1n) is 7.49. The molecule has 136 valence electrons. The number of aromatic hydroxyl groups is 1. The number of rotatable bonds is 5. The summed E-state index contributed by atoms with van der Waals surface area (Å²) in [4.78, 5) is 0. The van der Waals surface area contributed by atoms with Crippen LogP contribution in [-0.2, 0) is 7.05 Å². The smallest absolute Gasteiger partial charge is 0.493 e. The number of thiocarbonyl (C=S) groups is 1. The molecule has 0 amide bonds. The van der Waals surface area contributed by atoms with Crippen molar-refractivity contribution in [3.63, 3.8) is 0 Å². The Morgan fingerprint density at radius 2 is 2.12 bits per heavy atom. The van der Waals surface area contributed by atoms with Crippen LogP contribution in [0, 0.1) is 0 Å². The van der Waals surface area contributed by atoms with E-state index in [0.29, 0.717) is 12.1 Å². The summed E-state index contributed by atoms with van der Waals surface area (Å²) in [6, 6.07) is 3.70. The lowest BCUT2D eigenvalue weighted by molar-refractivity contribution is -0.274. The molecule has 0 saturated heterocycles. The summed E-state index contributed by atoms with van der Waals surface area (Å²) in [5, 5.41) is 21.1. The summed E-state index contributed by atoms with van der Waals surface area (Å²) in [6.45, 7) is 2.67. The van der Waals surface area contributed by atoms with Gasteiger partial charge in [0.1, 0.15) is 5.75 Å². The molecule has 6 nitrogen and oxygen atoms in total. The Hall–Kier alpha value is -2.36. The minimum Gasteiger partial charge on any atom is -0.493 e. The van der Waals surface area contributed by atoms with Gasteiger partial charge >= 0.3 is 6.36 Å². The molecular formula is C15H17F3N4O2S. The highest BCUT2D eigenvalue weighted by molar-refractivity contribution is 7.80. The van der Waals surface area contributed by atoms with Crippen molar-refractivity contribution in [2.24, 2.45) is 17.3 Å². The number of azo groups is 1. The van der Waals surface area contributed by atoms with Gasteiger partial charge in [-0.05, 0) is 36.8 Å². The fourth-order valence-corrected chi connectivity index (χ4v) is 2.33. The molecule has 10 heteroatoms. The Balaban J connectivity index is 2.33. The van der Waals surface area contributed by atoms with Crippen molar-refractivity contribution in [3.05, 3.63) is 18.2 Å². The molecule has 2 rings (SSSR count). The second-order valence-electron chi connectivity index (χ2n) is 5.24. The molecule has 0 aliphatic heterocycles. The quantitative estimate of drug-likeness (QED) is 0.458. The third-order valence-electron chi connectivity index (χ3n) is 3.39. The monoisotopic (exact) mass is 374 g/mol. The number of fused-ring (bicyclic) bond motifs is 1. The van der Waals surface area contributed by atoms with E-state index in [4.69, 9.17) is 12.2 Å². The van der Waals surface area contributed by atoms with Crippen molar-refractivity contribution < 1.29 is 23.0 Å². The van der Waals surface area contributed by atoms with Crippen LogP contribution in [0.1, 0.15) is 19.8 Å². The lowest BCUT2D eigenvalue weighted by Gasteiger charge is -2.08. The summed E-state index contributed by atoms with van der Waals surface area (Å²) < 4.78 is 42.4. The number of hydrogen-bond acceptors (Lipinski definition) is 4. The number of hydrogen-bond donors (Lipinski definition) is 2. The average Bonchev–Trinajstić information content (AvgIpc) is 2.75. The van der Waals surface area contributed by atoms with E-state index < -0.39 is 12.1 Å². The molecule has 25 heavy (non-hydrogen) atoms. The molecule has 1 aromatic heterocycles. The van der Waals surface area contributed by atoms with Crippen molar-refractivity contribution in [3.8, 4) is 11.6 Å². The highest BCUT2D eigenvalue weighted by atomic mass is 32.1. The molecule has 0 radical (unpaired) electrons. The number of aromatic nitrogens is 1. The molecule has 0 spiro atoms. The van der Waals surface area contributed by atoms with Crippen molar-refractivity contribution in [1.29, 1.82) is 0 Å². The third kappa shape index (κ3) is 4.81. The van der Waals surface area contributed by atoms with Gasteiger partial charge in [-0.1, -0.05) is 13.3 Å². The molecule has 0 aliphatic rings. The van der Waals surface area contributed by atoms with E-state index in [0.717, 1.165) is 25.0 Å². The average molecular weight is 374 g/mol. The van der Waals surface area contributed by atoms with Gasteiger partial charge in [-0.25, -0.2) is 0 Å². The summed E-state index contributed by atoms with van der Waals surface area (Å²) in [7, 11) is 1.55. The van der Waals surface area contributed by atoms with Gasteiger partial charge < -0.3 is 19.7 Å². The van der Waals surface area contributed by atoms with Gasteiger partial charge in [0.05, 0.1) is 5.52 Å². The lowest BCUT2D eigenvalue weighted by atomic mass is 10.2. The van der Waals surface area contributed by atoms with E-state index >= 15 is 0 Å². The normalized spacial score (nSPS) is 12.0. The fraction of sp³-hybridized carbons (Fsp3) is 0.400. The van der Waals surface area contributed by atoms with Crippen LogP contribution in [-0.4, -0.2) is 27.7 Å². The highest BCUT2D eigenvalue weighted by Crippen LogP contribution is 2.40. The molecule has 0 unspecified atom stereocenters. The SMILES string of the molecule is CCCCNC(=S)N=Nc1c(O)n(C)c2ccc(OC(F)(F)F)cc12. The van der Waals surface area contributed by atoms with Crippen LogP contribution in [0.4, 0.5) is 18.9 Å². The van der Waals surface area contributed by atoms with Gasteiger partial charge in [-0.15, -0.1) is 23.4 Å². The molecular weight excluding hydrogens is 357 g/mol. The first kappa shape index (κ1) is 19.0. The largest absolute Gasteiger partial charge is 0.573 e. The topological polar surface area (TPSA) is 71.1 Å².